The second-order valence-electron chi connectivity index (χ2n) is 5.50. The van der Waals surface area contributed by atoms with E-state index in [0.29, 0.717) is 18.2 Å². The molecule has 5 heteroatoms. The lowest BCUT2D eigenvalue weighted by Crippen LogP contribution is -2.32. The third kappa shape index (κ3) is 3.98. The van der Waals surface area contributed by atoms with Crippen LogP contribution in [-0.2, 0) is 0 Å². The van der Waals surface area contributed by atoms with Gasteiger partial charge in [-0.1, -0.05) is 13.3 Å². The topological polar surface area (TPSA) is 78.4 Å². The van der Waals surface area contributed by atoms with Crippen LogP contribution >= 0.6 is 0 Å². The molecule has 1 aromatic rings. The summed E-state index contributed by atoms with van der Waals surface area (Å²) in [5.41, 5.74) is 0.795. The number of carbonyl (C=O) groups excluding carboxylic acids is 1. The maximum absolute atomic E-state index is 11.7. The molecule has 1 aromatic carbocycles. The van der Waals surface area contributed by atoms with E-state index in [1.807, 2.05) is 0 Å². The van der Waals surface area contributed by atoms with Crippen LogP contribution in [0.5, 0.6) is 0 Å². The highest BCUT2D eigenvalue weighted by molar-refractivity contribution is 5.91. The van der Waals surface area contributed by atoms with Crippen molar-refractivity contribution in [2.24, 2.45) is 11.8 Å². The third-order valence-electron chi connectivity index (χ3n) is 3.74. The van der Waals surface area contributed by atoms with Gasteiger partial charge in [0.2, 0.25) is 0 Å². The molecule has 2 rings (SSSR count). The second-order valence-corrected chi connectivity index (χ2v) is 5.50. The SMILES string of the molecule is CC1CCC(CNC(=O)Nc2ccc(C(=O)O)cc2)C1. The molecule has 3 N–H and O–H groups in total. The van der Waals surface area contributed by atoms with Crippen LogP contribution in [0.2, 0.25) is 0 Å². The number of hydrogen-bond acceptors (Lipinski definition) is 2. The van der Waals surface area contributed by atoms with E-state index < -0.39 is 5.97 Å². The van der Waals surface area contributed by atoms with Crippen molar-refractivity contribution in [2.75, 3.05) is 11.9 Å². The number of carboxylic acids is 1. The van der Waals surface area contributed by atoms with Gasteiger partial charge >= 0.3 is 12.0 Å². The molecule has 1 saturated carbocycles. The Morgan fingerprint density at radius 3 is 2.50 bits per heavy atom. The first-order valence-electron chi connectivity index (χ1n) is 6.93. The summed E-state index contributed by atoms with van der Waals surface area (Å²) >= 11 is 0. The Bertz CT molecular complexity index is 484. The lowest BCUT2D eigenvalue weighted by Gasteiger charge is -2.12. The average Bonchev–Trinajstić information content (AvgIpc) is 2.83. The molecule has 0 aromatic heterocycles. The van der Waals surface area contributed by atoms with Gasteiger partial charge in [0.05, 0.1) is 5.56 Å². The van der Waals surface area contributed by atoms with E-state index in [1.165, 1.54) is 31.4 Å². The van der Waals surface area contributed by atoms with Gasteiger partial charge in [-0.2, -0.15) is 0 Å². The number of rotatable bonds is 4. The van der Waals surface area contributed by atoms with Crippen molar-refractivity contribution < 1.29 is 14.7 Å². The summed E-state index contributed by atoms with van der Waals surface area (Å²) < 4.78 is 0. The normalized spacial score (nSPS) is 21.4. The van der Waals surface area contributed by atoms with Crippen molar-refractivity contribution in [3.8, 4) is 0 Å². The minimum Gasteiger partial charge on any atom is -0.478 e. The zero-order valence-electron chi connectivity index (χ0n) is 11.6. The van der Waals surface area contributed by atoms with Gasteiger partial charge in [0.25, 0.3) is 0 Å². The van der Waals surface area contributed by atoms with Gasteiger partial charge < -0.3 is 15.7 Å². The van der Waals surface area contributed by atoms with Crippen LogP contribution in [0.4, 0.5) is 10.5 Å². The number of hydrogen-bond donors (Lipinski definition) is 3. The maximum Gasteiger partial charge on any atom is 0.335 e. The molecule has 2 atom stereocenters. The molecular formula is C15H20N2O3. The molecule has 2 unspecified atom stereocenters. The number of amides is 2. The molecule has 1 aliphatic carbocycles. The van der Waals surface area contributed by atoms with Crippen LogP contribution in [0.1, 0.15) is 36.5 Å². The van der Waals surface area contributed by atoms with Crippen LogP contribution < -0.4 is 10.6 Å². The highest BCUT2D eigenvalue weighted by Crippen LogP contribution is 2.29. The Kier molecular flexibility index (Phi) is 4.61. The van der Waals surface area contributed by atoms with Gasteiger partial charge in [0, 0.05) is 12.2 Å². The number of anilines is 1. The van der Waals surface area contributed by atoms with E-state index in [2.05, 4.69) is 17.6 Å². The van der Waals surface area contributed by atoms with E-state index in [4.69, 9.17) is 5.11 Å². The Labute approximate surface area is 118 Å². The first-order valence-corrected chi connectivity index (χ1v) is 6.93. The first-order chi connectivity index (χ1) is 9.54. The number of urea groups is 1. The van der Waals surface area contributed by atoms with E-state index in [9.17, 15) is 9.59 Å². The number of carbonyl (C=O) groups is 2. The van der Waals surface area contributed by atoms with Gasteiger partial charge in [-0.15, -0.1) is 0 Å². The summed E-state index contributed by atoms with van der Waals surface area (Å²) in [5.74, 6) is 0.356. The molecule has 5 nitrogen and oxygen atoms in total. The minimum absolute atomic E-state index is 0.205. The second kappa shape index (κ2) is 6.41. The van der Waals surface area contributed by atoms with Crippen molar-refractivity contribution in [1.29, 1.82) is 0 Å². The zero-order chi connectivity index (χ0) is 14.5. The predicted octanol–water partition coefficient (Wildman–Crippen LogP) is 2.94. The van der Waals surface area contributed by atoms with Gasteiger partial charge in [-0.25, -0.2) is 9.59 Å². The van der Waals surface area contributed by atoms with E-state index in [1.54, 1.807) is 12.1 Å². The smallest absolute Gasteiger partial charge is 0.335 e. The molecule has 0 aliphatic heterocycles. The van der Waals surface area contributed by atoms with Crippen LogP contribution in [-0.4, -0.2) is 23.7 Å². The molecule has 108 valence electrons. The number of benzene rings is 1. The zero-order valence-corrected chi connectivity index (χ0v) is 11.6. The fraction of sp³-hybridized carbons (Fsp3) is 0.467. The lowest BCUT2D eigenvalue weighted by molar-refractivity contribution is 0.0697. The van der Waals surface area contributed by atoms with Gasteiger partial charge in [0.15, 0.2) is 0 Å². The largest absolute Gasteiger partial charge is 0.478 e. The Hall–Kier alpha value is -2.04. The van der Waals surface area contributed by atoms with Crippen LogP contribution in [0.3, 0.4) is 0 Å². The Morgan fingerprint density at radius 1 is 1.25 bits per heavy atom. The minimum atomic E-state index is -0.976. The number of aromatic carboxylic acids is 1. The highest BCUT2D eigenvalue weighted by atomic mass is 16.4. The van der Waals surface area contributed by atoms with Crippen molar-refractivity contribution in [2.45, 2.75) is 26.2 Å². The molecule has 0 saturated heterocycles. The Morgan fingerprint density at radius 2 is 1.95 bits per heavy atom. The van der Waals surface area contributed by atoms with Crippen LogP contribution in [0, 0.1) is 11.8 Å². The number of carboxylic acid groups (broad SMARTS) is 1. The molecule has 0 bridgehead atoms. The molecule has 0 heterocycles. The average molecular weight is 276 g/mol. The maximum atomic E-state index is 11.7. The summed E-state index contributed by atoms with van der Waals surface area (Å²) in [5, 5.41) is 14.3. The molecule has 20 heavy (non-hydrogen) atoms. The van der Waals surface area contributed by atoms with E-state index in [0.717, 1.165) is 5.92 Å². The molecular weight excluding hydrogens is 256 g/mol. The van der Waals surface area contributed by atoms with Crippen molar-refractivity contribution in [3.63, 3.8) is 0 Å². The quantitative estimate of drug-likeness (QED) is 0.791. The summed E-state index contributed by atoms with van der Waals surface area (Å²) in [6.45, 7) is 2.94. The van der Waals surface area contributed by atoms with Gasteiger partial charge in [0.1, 0.15) is 0 Å². The van der Waals surface area contributed by atoms with Crippen molar-refractivity contribution in [3.05, 3.63) is 29.8 Å². The summed E-state index contributed by atoms with van der Waals surface area (Å²) in [6.07, 6.45) is 3.59. The molecule has 1 aliphatic rings. The van der Waals surface area contributed by atoms with Crippen LogP contribution in [0.15, 0.2) is 24.3 Å². The summed E-state index contributed by atoms with van der Waals surface area (Å²) in [6, 6.07) is 5.86. The summed E-state index contributed by atoms with van der Waals surface area (Å²) in [7, 11) is 0. The molecule has 0 radical (unpaired) electrons. The fourth-order valence-electron chi connectivity index (χ4n) is 2.62. The van der Waals surface area contributed by atoms with Crippen LogP contribution in [0.25, 0.3) is 0 Å². The standard InChI is InChI=1S/C15H20N2O3/c1-10-2-3-11(8-10)9-16-15(20)17-13-6-4-12(5-7-13)14(18)19/h4-7,10-11H,2-3,8-9H2,1H3,(H,18,19)(H2,16,17,20). The number of nitrogens with one attached hydrogen (secondary N) is 2. The van der Waals surface area contributed by atoms with Gasteiger partial charge in [-0.05, 0) is 48.9 Å². The third-order valence-corrected chi connectivity index (χ3v) is 3.74. The van der Waals surface area contributed by atoms with Crippen molar-refractivity contribution >= 4 is 17.7 Å². The Balaban J connectivity index is 1.77. The van der Waals surface area contributed by atoms with E-state index >= 15 is 0 Å². The summed E-state index contributed by atoms with van der Waals surface area (Å²) in [4.78, 5) is 22.4. The monoisotopic (exact) mass is 276 g/mol. The highest BCUT2D eigenvalue weighted by Gasteiger charge is 2.21. The first kappa shape index (κ1) is 14.4. The lowest BCUT2D eigenvalue weighted by atomic mass is 10.1. The fourth-order valence-corrected chi connectivity index (χ4v) is 2.62. The molecule has 1 fully saturated rings. The molecule has 0 spiro atoms. The van der Waals surface area contributed by atoms with E-state index in [-0.39, 0.29) is 11.6 Å². The molecule has 2 amide bonds. The van der Waals surface area contributed by atoms with Gasteiger partial charge in [-0.3, -0.25) is 0 Å². The van der Waals surface area contributed by atoms with Crippen molar-refractivity contribution in [1.82, 2.24) is 5.32 Å². The predicted molar refractivity (Wildman–Crippen MR) is 76.9 cm³/mol.